The Balaban J connectivity index is 1.15. The molecule has 286 valence electrons. The summed E-state index contributed by atoms with van der Waals surface area (Å²) in [6, 6.07) is 83.0. The molecule has 0 saturated carbocycles. The van der Waals surface area contributed by atoms with Crippen LogP contribution in [0.4, 0.5) is 17.1 Å². The summed E-state index contributed by atoms with van der Waals surface area (Å²) >= 11 is 0. The van der Waals surface area contributed by atoms with Gasteiger partial charge in [0.2, 0.25) is 0 Å². The number of hydrogen-bond donors (Lipinski definition) is 0. The molecule has 0 radical (unpaired) electrons. The van der Waals surface area contributed by atoms with Crippen molar-refractivity contribution in [2.45, 2.75) is 0 Å². The molecular weight excluding hydrogens is 741 g/mol. The Morgan fingerprint density at radius 1 is 0.344 bits per heavy atom. The van der Waals surface area contributed by atoms with Crippen molar-refractivity contribution < 1.29 is 4.42 Å². The molecule has 0 bridgehead atoms. The van der Waals surface area contributed by atoms with Crippen molar-refractivity contribution >= 4 is 71.6 Å². The molecule has 0 spiro atoms. The molecule has 0 amide bonds. The highest BCUT2D eigenvalue weighted by Gasteiger charge is 2.24. The fourth-order valence-corrected chi connectivity index (χ4v) is 9.42. The second kappa shape index (κ2) is 14.3. The van der Waals surface area contributed by atoms with Crippen LogP contribution in [0.15, 0.2) is 235 Å². The Morgan fingerprint density at radius 2 is 0.967 bits per heavy atom. The molecule has 2 aromatic heterocycles. The summed E-state index contributed by atoms with van der Waals surface area (Å²) < 4.78 is 9.15. The van der Waals surface area contributed by atoms with Gasteiger partial charge in [0.15, 0.2) is 0 Å². The molecule has 0 aliphatic heterocycles. The smallest absolute Gasteiger partial charge is 0.143 e. The van der Waals surface area contributed by atoms with Gasteiger partial charge in [-0.15, -0.1) is 0 Å². The van der Waals surface area contributed by atoms with Crippen LogP contribution < -0.4 is 4.90 Å². The molecule has 10 aromatic carbocycles. The van der Waals surface area contributed by atoms with Crippen LogP contribution in [0, 0.1) is 0 Å². The summed E-state index contributed by atoms with van der Waals surface area (Å²) in [6.07, 6.45) is 0. The zero-order chi connectivity index (χ0) is 40.3. The number of benzene rings is 10. The Kier molecular flexibility index (Phi) is 8.17. The fraction of sp³-hybridized carbons (Fsp3) is 0. The van der Waals surface area contributed by atoms with E-state index in [2.05, 4.69) is 234 Å². The predicted molar refractivity (Wildman–Crippen MR) is 257 cm³/mol. The van der Waals surface area contributed by atoms with Gasteiger partial charge in [-0.05, 0) is 70.4 Å². The van der Waals surface area contributed by atoms with E-state index in [1.807, 2.05) is 6.07 Å². The average molecular weight is 779 g/mol. The van der Waals surface area contributed by atoms with Crippen LogP contribution >= 0.6 is 0 Å². The highest BCUT2D eigenvalue weighted by atomic mass is 16.3. The predicted octanol–water partition coefficient (Wildman–Crippen LogP) is 16.3. The SMILES string of the molecule is c1ccc(-c2ccccc2-n2c3ccccc3c3ccc(N(c4ccccc4-c4ccc5ccccc5c4)c4ccccc4-c4cccc5c4oc4ccccc45)cc32)cc1. The summed E-state index contributed by atoms with van der Waals surface area (Å²) in [6.45, 7) is 0. The molecule has 12 rings (SSSR count). The molecule has 0 aliphatic carbocycles. The molecule has 0 fully saturated rings. The third-order valence-electron chi connectivity index (χ3n) is 12.2. The van der Waals surface area contributed by atoms with Gasteiger partial charge < -0.3 is 13.9 Å². The van der Waals surface area contributed by atoms with Crippen molar-refractivity contribution in [3.05, 3.63) is 231 Å². The topological polar surface area (TPSA) is 21.3 Å². The number of aromatic nitrogens is 1. The van der Waals surface area contributed by atoms with Crippen LogP contribution in [0.1, 0.15) is 0 Å². The van der Waals surface area contributed by atoms with Crippen LogP contribution in [-0.2, 0) is 0 Å². The maximum atomic E-state index is 6.70. The summed E-state index contributed by atoms with van der Waals surface area (Å²) in [5, 5.41) is 7.07. The van der Waals surface area contributed by atoms with E-state index >= 15 is 0 Å². The standard InChI is InChI=1S/C58H38N2O/c1-2-18-40(19-3-1)44-21-6-12-29-53(44)60-55-31-14-8-23-46(55)48-36-35-43(38-56(48)60)59(52-28-11-7-22-45(52)42-34-33-39-17-4-5-20-41(39)37-42)54-30-13-9-24-47(54)50-26-16-27-51-49-25-10-15-32-57(49)61-58(50)51/h1-38H. The number of hydrogen-bond acceptors (Lipinski definition) is 2. The third-order valence-corrected chi connectivity index (χ3v) is 12.2. The highest BCUT2D eigenvalue weighted by molar-refractivity contribution is 6.13. The monoisotopic (exact) mass is 778 g/mol. The summed E-state index contributed by atoms with van der Waals surface area (Å²) in [7, 11) is 0. The molecule has 2 heterocycles. The number of anilines is 3. The normalized spacial score (nSPS) is 11.6. The van der Waals surface area contributed by atoms with E-state index in [4.69, 9.17) is 4.42 Å². The molecule has 61 heavy (non-hydrogen) atoms. The zero-order valence-electron chi connectivity index (χ0n) is 33.2. The summed E-state index contributed by atoms with van der Waals surface area (Å²) in [4.78, 5) is 2.45. The average Bonchev–Trinajstić information content (AvgIpc) is 3.88. The second-order valence-corrected chi connectivity index (χ2v) is 15.6. The number of rotatable bonds is 7. The lowest BCUT2D eigenvalue weighted by Crippen LogP contribution is -2.12. The van der Waals surface area contributed by atoms with Gasteiger partial charge in [-0.25, -0.2) is 0 Å². The van der Waals surface area contributed by atoms with Crippen LogP contribution in [-0.4, -0.2) is 4.57 Å². The summed E-state index contributed by atoms with van der Waals surface area (Å²) in [5.41, 5.74) is 15.2. The molecule has 0 aliphatic rings. The molecule has 0 atom stereocenters. The van der Waals surface area contributed by atoms with Crippen molar-refractivity contribution in [3.8, 4) is 39.1 Å². The minimum Gasteiger partial charge on any atom is -0.455 e. The zero-order valence-corrected chi connectivity index (χ0v) is 33.2. The number of para-hydroxylation sites is 6. The van der Waals surface area contributed by atoms with Crippen LogP contribution in [0.5, 0.6) is 0 Å². The molecule has 0 unspecified atom stereocenters. The lowest BCUT2D eigenvalue weighted by atomic mass is 9.96. The van der Waals surface area contributed by atoms with Crippen molar-refractivity contribution in [1.29, 1.82) is 0 Å². The Bertz CT molecular complexity index is 3610. The lowest BCUT2D eigenvalue weighted by molar-refractivity contribution is 0.670. The minimum absolute atomic E-state index is 0.881. The van der Waals surface area contributed by atoms with E-state index in [-0.39, 0.29) is 0 Å². The highest BCUT2D eigenvalue weighted by Crippen LogP contribution is 2.48. The third kappa shape index (κ3) is 5.74. The van der Waals surface area contributed by atoms with E-state index in [1.165, 1.54) is 32.7 Å². The number of fused-ring (bicyclic) bond motifs is 7. The molecule has 0 saturated heterocycles. The van der Waals surface area contributed by atoms with E-state index < -0.39 is 0 Å². The van der Waals surface area contributed by atoms with Crippen molar-refractivity contribution in [1.82, 2.24) is 4.57 Å². The van der Waals surface area contributed by atoms with Gasteiger partial charge in [0.25, 0.3) is 0 Å². The Labute approximate surface area is 353 Å². The number of furan rings is 1. The van der Waals surface area contributed by atoms with Crippen LogP contribution in [0.25, 0.3) is 93.6 Å². The lowest BCUT2D eigenvalue weighted by Gasteiger charge is -2.30. The minimum atomic E-state index is 0.881. The molecular formula is C58H38N2O. The van der Waals surface area contributed by atoms with Gasteiger partial charge in [-0.3, -0.25) is 0 Å². The first kappa shape index (κ1) is 34.9. The van der Waals surface area contributed by atoms with Crippen molar-refractivity contribution in [2.75, 3.05) is 4.90 Å². The molecule has 3 heteroatoms. The maximum Gasteiger partial charge on any atom is 0.143 e. The Hall–Kier alpha value is -8.14. The summed E-state index contributed by atoms with van der Waals surface area (Å²) in [5.74, 6) is 0. The first-order chi connectivity index (χ1) is 30.3. The van der Waals surface area contributed by atoms with Gasteiger partial charge in [0.1, 0.15) is 11.2 Å². The van der Waals surface area contributed by atoms with E-state index in [0.29, 0.717) is 0 Å². The van der Waals surface area contributed by atoms with E-state index in [0.717, 1.165) is 78.0 Å². The fourth-order valence-electron chi connectivity index (χ4n) is 9.42. The van der Waals surface area contributed by atoms with Crippen molar-refractivity contribution in [3.63, 3.8) is 0 Å². The van der Waals surface area contributed by atoms with Crippen molar-refractivity contribution in [2.24, 2.45) is 0 Å². The second-order valence-electron chi connectivity index (χ2n) is 15.6. The van der Waals surface area contributed by atoms with E-state index in [1.54, 1.807) is 0 Å². The van der Waals surface area contributed by atoms with Gasteiger partial charge in [-0.2, -0.15) is 0 Å². The maximum absolute atomic E-state index is 6.70. The van der Waals surface area contributed by atoms with E-state index in [9.17, 15) is 0 Å². The first-order valence-electron chi connectivity index (χ1n) is 20.8. The first-order valence-corrected chi connectivity index (χ1v) is 20.8. The van der Waals surface area contributed by atoms with Gasteiger partial charge in [0, 0.05) is 49.5 Å². The van der Waals surface area contributed by atoms with Crippen LogP contribution in [0.2, 0.25) is 0 Å². The molecule has 0 N–H and O–H groups in total. The number of nitrogens with zero attached hydrogens (tertiary/aromatic N) is 2. The van der Waals surface area contributed by atoms with Gasteiger partial charge in [0.05, 0.1) is 28.1 Å². The largest absolute Gasteiger partial charge is 0.455 e. The van der Waals surface area contributed by atoms with Gasteiger partial charge in [-0.1, -0.05) is 182 Å². The quantitative estimate of drug-likeness (QED) is 0.161. The van der Waals surface area contributed by atoms with Crippen LogP contribution in [0.3, 0.4) is 0 Å². The molecule has 3 nitrogen and oxygen atoms in total. The van der Waals surface area contributed by atoms with Gasteiger partial charge >= 0.3 is 0 Å². The Morgan fingerprint density at radius 3 is 1.84 bits per heavy atom. The molecule has 12 aromatic rings.